The van der Waals surface area contributed by atoms with E-state index in [4.69, 9.17) is 17.6 Å². The van der Waals surface area contributed by atoms with Gasteiger partial charge in [0.1, 0.15) is 0 Å². The molecule has 0 atom stereocenters. The summed E-state index contributed by atoms with van der Waals surface area (Å²) in [5.74, 6) is 1.72. The van der Waals surface area contributed by atoms with E-state index in [0.717, 1.165) is 45.1 Å². The van der Waals surface area contributed by atoms with E-state index < -0.39 is 15.9 Å². The molecule has 0 bridgehead atoms. The van der Waals surface area contributed by atoms with Crippen molar-refractivity contribution in [1.82, 2.24) is 0 Å². The van der Waals surface area contributed by atoms with Gasteiger partial charge in [-0.1, -0.05) is 117 Å². The average molecular weight is 650 g/mol. The molecule has 3 aromatic rings. The second-order valence-corrected chi connectivity index (χ2v) is 15.0. The van der Waals surface area contributed by atoms with E-state index in [-0.39, 0.29) is 10.8 Å². The number of hydrogen-bond acceptors (Lipinski definition) is 4. The van der Waals surface area contributed by atoms with E-state index >= 15 is 0 Å². The lowest BCUT2D eigenvalue weighted by molar-refractivity contribution is 0.373. The number of aliphatic imine (C=N–C) groups is 2. The molecule has 4 rings (SSSR count). The second-order valence-electron chi connectivity index (χ2n) is 14.3. The molecule has 47 heavy (non-hydrogen) atoms. The van der Waals surface area contributed by atoms with E-state index in [0.29, 0.717) is 0 Å². The normalized spacial score (nSPS) is 13.2. The Labute approximate surface area is 292 Å². The van der Waals surface area contributed by atoms with Gasteiger partial charge in [-0.2, -0.15) is 0 Å². The summed E-state index contributed by atoms with van der Waals surface area (Å²) in [5.41, 5.74) is 8.94. The van der Waals surface area contributed by atoms with Crippen LogP contribution in [-0.2, 0) is 10.8 Å². The van der Waals surface area contributed by atoms with E-state index in [2.05, 4.69) is 79.7 Å². The van der Waals surface area contributed by atoms with Crippen LogP contribution in [0.15, 0.2) is 58.5 Å². The minimum atomic E-state index is -0.807. The number of nitrogens with zero attached hydrogens (tertiary/aromatic N) is 2. The lowest BCUT2D eigenvalue weighted by Crippen LogP contribution is -2.23. The zero-order valence-corrected chi connectivity index (χ0v) is 31.7. The summed E-state index contributed by atoms with van der Waals surface area (Å²) in [6.07, 6.45) is 18.4. The van der Waals surface area contributed by atoms with Gasteiger partial charge < -0.3 is 7.58 Å². The van der Waals surface area contributed by atoms with Crippen LogP contribution in [-0.4, -0.2) is 28.3 Å². The van der Waals surface area contributed by atoms with Crippen molar-refractivity contribution in [3.8, 4) is 11.5 Å². The molecule has 0 N–H and O–H groups in total. The highest BCUT2D eigenvalue weighted by molar-refractivity contribution is 6.21. The molecule has 4 nitrogen and oxygen atoms in total. The van der Waals surface area contributed by atoms with E-state index in [9.17, 15) is 0 Å². The highest BCUT2D eigenvalue weighted by atomic mass is 27.2. The molecule has 1 heterocycles. The maximum atomic E-state index is 6.59. The first-order chi connectivity index (χ1) is 22.7. The average Bonchev–Trinajstić information content (AvgIpc) is 3.08. The van der Waals surface area contributed by atoms with Crippen LogP contribution in [0.4, 0.5) is 11.4 Å². The minimum Gasteiger partial charge on any atom is -0.615 e. The number of fused-ring (bicyclic) bond motifs is 3. The predicted molar refractivity (Wildman–Crippen MR) is 203 cm³/mol. The fourth-order valence-corrected chi connectivity index (χ4v) is 7.87. The summed E-state index contributed by atoms with van der Waals surface area (Å²) < 4.78 is 13.2. The van der Waals surface area contributed by atoms with E-state index in [1.807, 2.05) is 36.7 Å². The highest BCUT2D eigenvalue weighted by Crippen LogP contribution is 2.41. The number of rotatable bonds is 14. The summed E-state index contributed by atoms with van der Waals surface area (Å²) in [6, 6.07) is 17.5. The van der Waals surface area contributed by atoms with Crippen molar-refractivity contribution in [2.24, 2.45) is 9.98 Å². The van der Waals surface area contributed by atoms with Crippen molar-refractivity contribution in [3.05, 3.63) is 81.9 Å². The number of benzene rings is 3. The maximum Gasteiger partial charge on any atom is 0.881 e. The third kappa shape index (κ3) is 9.40. The van der Waals surface area contributed by atoms with Gasteiger partial charge in [-0.15, -0.1) is 0 Å². The zero-order valence-electron chi connectivity index (χ0n) is 30.5. The quantitative estimate of drug-likeness (QED) is 0.163. The van der Waals surface area contributed by atoms with Crippen molar-refractivity contribution in [2.75, 3.05) is 0 Å². The highest BCUT2D eigenvalue weighted by Gasteiger charge is 2.29. The largest absolute Gasteiger partial charge is 0.881 e. The molecule has 1 aliphatic rings. The van der Waals surface area contributed by atoms with Crippen LogP contribution in [0.1, 0.15) is 152 Å². The Bertz CT molecular complexity index is 1400. The molecule has 3 aromatic carbocycles. The summed E-state index contributed by atoms with van der Waals surface area (Å²) in [7, 11) is 0. The lowest BCUT2D eigenvalue weighted by atomic mass is 9.73. The molecule has 0 saturated heterocycles. The van der Waals surface area contributed by atoms with Gasteiger partial charge in [-0.25, -0.2) is 0 Å². The molecule has 0 amide bonds. The predicted octanol–water partition coefficient (Wildman–Crippen LogP) is 12.4. The van der Waals surface area contributed by atoms with E-state index in [1.165, 1.54) is 88.2 Å². The standard InChI is InChI=1S/C42H60N2O2.Al/c1-9-13-21-41(7,22-14-10-2)35-25-31(5)39(45)33(27-35)29-43-37-19-17-18-20-38(37)44-30-34-28-36(26-32(6)40(34)46)42(8,23-15-11-3)24-16-12-4;/h17-20,25-30,45-46H,9-16,21-24H2,1-8H3;/q;+2/p-2. The van der Waals surface area contributed by atoms with Crippen LogP contribution in [0.2, 0.25) is 0 Å². The van der Waals surface area contributed by atoms with Gasteiger partial charge >= 0.3 is 15.9 Å². The molecule has 0 aromatic heterocycles. The van der Waals surface area contributed by atoms with Crippen LogP contribution in [0.5, 0.6) is 11.5 Å². The van der Waals surface area contributed by atoms with E-state index in [1.54, 1.807) is 0 Å². The fourth-order valence-electron chi connectivity index (χ4n) is 6.99. The second kappa shape index (κ2) is 17.5. The van der Waals surface area contributed by atoms with Crippen LogP contribution in [0, 0.1) is 13.8 Å². The van der Waals surface area contributed by atoms with Crippen molar-refractivity contribution in [2.45, 2.75) is 143 Å². The molecule has 0 unspecified atom stereocenters. The maximum absolute atomic E-state index is 6.59. The van der Waals surface area contributed by atoms with Gasteiger partial charge in [-0.05, 0) is 96.9 Å². The summed E-state index contributed by atoms with van der Waals surface area (Å²) in [6.45, 7) is 18.4. The van der Waals surface area contributed by atoms with Gasteiger partial charge in [0, 0.05) is 23.6 Å². The molecule has 5 heteroatoms. The molecule has 0 saturated carbocycles. The third-order valence-electron chi connectivity index (χ3n) is 10.2. The molecular formula is C42H58AlN2O2. The Morgan fingerprint density at radius 2 is 0.936 bits per heavy atom. The van der Waals surface area contributed by atoms with Crippen molar-refractivity contribution < 1.29 is 7.58 Å². The zero-order chi connectivity index (χ0) is 33.9. The molecule has 1 aliphatic heterocycles. The number of hydrogen-bond donors (Lipinski definition) is 0. The number of aryl methyl sites for hydroxylation is 2. The van der Waals surface area contributed by atoms with Crippen LogP contribution >= 0.6 is 0 Å². The molecule has 0 spiro atoms. The number of para-hydroxylation sites is 2. The topological polar surface area (TPSA) is 43.2 Å². The monoisotopic (exact) mass is 649 g/mol. The molecular weight excluding hydrogens is 591 g/mol. The summed E-state index contributed by atoms with van der Waals surface area (Å²) >= 11 is -0.807. The van der Waals surface area contributed by atoms with Gasteiger partial charge in [0.15, 0.2) is 0 Å². The first-order valence-corrected chi connectivity index (χ1v) is 19.2. The Morgan fingerprint density at radius 1 is 0.574 bits per heavy atom. The Morgan fingerprint density at radius 3 is 1.28 bits per heavy atom. The Balaban J connectivity index is 1.82. The molecule has 251 valence electrons. The Hall–Kier alpha value is -2.87. The van der Waals surface area contributed by atoms with Gasteiger partial charge in [-0.3, -0.25) is 9.98 Å². The number of unbranched alkanes of at least 4 members (excludes halogenated alkanes) is 4. The van der Waals surface area contributed by atoms with Crippen LogP contribution in [0.25, 0.3) is 0 Å². The third-order valence-corrected chi connectivity index (χ3v) is 10.9. The minimum absolute atomic E-state index is 0.114. The van der Waals surface area contributed by atoms with Gasteiger partial charge in [0.05, 0.1) is 22.9 Å². The van der Waals surface area contributed by atoms with Crippen LogP contribution < -0.4 is 7.58 Å². The van der Waals surface area contributed by atoms with Crippen molar-refractivity contribution in [1.29, 1.82) is 0 Å². The smallest absolute Gasteiger partial charge is 0.615 e. The molecule has 0 aliphatic carbocycles. The van der Waals surface area contributed by atoms with Crippen molar-refractivity contribution in [3.63, 3.8) is 0 Å². The van der Waals surface area contributed by atoms with Crippen LogP contribution in [0.3, 0.4) is 0 Å². The first-order valence-electron chi connectivity index (χ1n) is 18.3. The Kier molecular flexibility index (Phi) is 13.8. The summed E-state index contributed by atoms with van der Waals surface area (Å²) in [5, 5.41) is 0. The lowest BCUT2D eigenvalue weighted by Gasteiger charge is -2.32. The van der Waals surface area contributed by atoms with Gasteiger partial charge in [0.2, 0.25) is 0 Å². The fraction of sp³-hybridized carbons (Fsp3) is 0.524. The first kappa shape index (κ1) is 37.0. The SMILES string of the molecule is CCCCC(C)(CCCC)c1cc(C)c2c(c1)C=Nc1ccccc1N=Cc1cc(C(C)(CCCC)CCCC)cc(C)c1[O][Al][O]2. The molecule has 0 fully saturated rings. The molecule has 1 radical (unpaired) electrons. The van der Waals surface area contributed by atoms with Gasteiger partial charge in [0.25, 0.3) is 0 Å². The summed E-state index contributed by atoms with van der Waals surface area (Å²) in [4.78, 5) is 10.1. The van der Waals surface area contributed by atoms with Crippen molar-refractivity contribution >= 4 is 39.7 Å².